The summed E-state index contributed by atoms with van der Waals surface area (Å²) in [5.41, 5.74) is 1.07. The second kappa shape index (κ2) is 13.5. The van der Waals surface area contributed by atoms with Crippen LogP contribution in [-0.2, 0) is 26.2 Å². The van der Waals surface area contributed by atoms with Gasteiger partial charge in [0.05, 0.1) is 19.1 Å². The number of benzene rings is 2. The lowest BCUT2D eigenvalue weighted by Gasteiger charge is -2.30. The van der Waals surface area contributed by atoms with E-state index in [0.717, 1.165) is 31.9 Å². The Labute approximate surface area is 235 Å². The molecule has 0 saturated heterocycles. The van der Waals surface area contributed by atoms with E-state index in [1.54, 1.807) is 49.4 Å². The summed E-state index contributed by atoms with van der Waals surface area (Å²) >= 11 is 12.4. The summed E-state index contributed by atoms with van der Waals surface area (Å²) in [7, 11) is -2.16. The molecule has 0 unspecified atom stereocenters. The SMILES string of the molecule is COc1ccccc1N(CCCC(=O)N(Cc1ccc(Cl)cc1Cl)[C@H](C)C(=O)NC1CCCC1)S(C)(=O)=O. The normalized spacial score (nSPS) is 14.7. The summed E-state index contributed by atoms with van der Waals surface area (Å²) < 4.78 is 31.7. The first-order valence-electron chi connectivity index (χ1n) is 12.7. The third-order valence-electron chi connectivity index (χ3n) is 6.73. The summed E-state index contributed by atoms with van der Waals surface area (Å²) in [6.07, 6.45) is 5.40. The molecule has 0 radical (unpaired) electrons. The van der Waals surface area contributed by atoms with E-state index in [4.69, 9.17) is 27.9 Å². The zero-order valence-corrected chi connectivity index (χ0v) is 24.3. The Balaban J connectivity index is 1.76. The molecule has 0 spiro atoms. The smallest absolute Gasteiger partial charge is 0.242 e. The number of nitrogens with zero attached hydrogens (tertiary/aromatic N) is 2. The van der Waals surface area contributed by atoms with Crippen LogP contribution in [0.4, 0.5) is 5.69 Å². The Kier molecular flexibility index (Phi) is 10.7. The van der Waals surface area contributed by atoms with E-state index in [-0.39, 0.29) is 43.8 Å². The number of ether oxygens (including phenoxy) is 1. The third-order valence-corrected chi connectivity index (χ3v) is 8.50. The van der Waals surface area contributed by atoms with Crippen LogP contribution < -0.4 is 14.4 Å². The molecule has 8 nitrogen and oxygen atoms in total. The number of hydrogen-bond acceptors (Lipinski definition) is 5. The molecule has 208 valence electrons. The van der Waals surface area contributed by atoms with Crippen molar-refractivity contribution in [2.24, 2.45) is 0 Å². The van der Waals surface area contributed by atoms with E-state index in [1.807, 2.05) is 0 Å². The third kappa shape index (κ3) is 8.01. The summed E-state index contributed by atoms with van der Waals surface area (Å²) in [6, 6.07) is 11.2. The van der Waals surface area contributed by atoms with Crippen molar-refractivity contribution < 1.29 is 22.7 Å². The molecular formula is C27H35Cl2N3O5S. The monoisotopic (exact) mass is 583 g/mol. The van der Waals surface area contributed by atoms with Gasteiger partial charge in [0, 0.05) is 35.6 Å². The van der Waals surface area contributed by atoms with Crippen molar-refractivity contribution in [3.8, 4) is 5.75 Å². The highest BCUT2D eigenvalue weighted by Gasteiger charge is 2.29. The van der Waals surface area contributed by atoms with Crippen molar-refractivity contribution in [3.63, 3.8) is 0 Å². The molecule has 2 aromatic carbocycles. The molecule has 0 bridgehead atoms. The number of amides is 2. The van der Waals surface area contributed by atoms with Gasteiger partial charge in [-0.3, -0.25) is 13.9 Å². The maximum atomic E-state index is 13.5. The largest absolute Gasteiger partial charge is 0.495 e. The first-order valence-corrected chi connectivity index (χ1v) is 15.3. The number of halogens is 2. The highest BCUT2D eigenvalue weighted by Crippen LogP contribution is 2.30. The molecule has 1 fully saturated rings. The Morgan fingerprint density at radius 2 is 1.82 bits per heavy atom. The van der Waals surface area contributed by atoms with Crippen molar-refractivity contribution in [2.75, 3.05) is 24.2 Å². The maximum Gasteiger partial charge on any atom is 0.242 e. The molecule has 3 rings (SSSR count). The maximum absolute atomic E-state index is 13.5. The number of rotatable bonds is 12. The van der Waals surface area contributed by atoms with Gasteiger partial charge in [0.25, 0.3) is 0 Å². The van der Waals surface area contributed by atoms with Gasteiger partial charge in [-0.25, -0.2) is 8.42 Å². The standard InChI is InChI=1S/C27H35Cl2N3O5S/c1-19(27(34)30-22-9-4-5-10-22)31(18-20-14-15-21(28)17-23(20)29)26(33)13-8-16-32(38(3,35)36)24-11-6-7-12-25(24)37-2/h6-7,11-12,14-15,17,19,22H,4-5,8-10,13,16,18H2,1-3H3,(H,30,34)/t19-/m1/s1. The highest BCUT2D eigenvalue weighted by atomic mass is 35.5. The van der Waals surface area contributed by atoms with Crippen LogP contribution in [0.5, 0.6) is 5.75 Å². The van der Waals surface area contributed by atoms with E-state index in [2.05, 4.69) is 5.32 Å². The molecule has 1 aliphatic rings. The van der Waals surface area contributed by atoms with Crippen LogP contribution in [-0.4, -0.2) is 57.1 Å². The minimum absolute atomic E-state index is 0.0351. The predicted octanol–water partition coefficient (Wildman–Crippen LogP) is 5.02. The number of carbonyl (C=O) groups is 2. The molecule has 1 saturated carbocycles. The van der Waals surface area contributed by atoms with Gasteiger partial charge in [-0.2, -0.15) is 0 Å². The van der Waals surface area contributed by atoms with E-state index in [9.17, 15) is 18.0 Å². The number of sulfonamides is 1. The van der Waals surface area contributed by atoms with Crippen LogP contribution in [0.25, 0.3) is 0 Å². The molecule has 2 amide bonds. The van der Waals surface area contributed by atoms with Gasteiger partial charge in [0.2, 0.25) is 21.8 Å². The molecule has 0 aromatic heterocycles. The number of carbonyl (C=O) groups excluding carboxylic acids is 2. The minimum atomic E-state index is -3.64. The fraction of sp³-hybridized carbons (Fsp3) is 0.481. The molecule has 2 aromatic rings. The lowest BCUT2D eigenvalue weighted by Crippen LogP contribution is -2.49. The number of anilines is 1. The Bertz CT molecular complexity index is 1230. The summed E-state index contributed by atoms with van der Waals surface area (Å²) in [6.45, 7) is 1.89. The fourth-order valence-electron chi connectivity index (χ4n) is 4.63. The number of methoxy groups -OCH3 is 1. The highest BCUT2D eigenvalue weighted by molar-refractivity contribution is 7.92. The number of para-hydroxylation sites is 2. The second-order valence-electron chi connectivity index (χ2n) is 9.53. The van der Waals surface area contributed by atoms with Crippen molar-refractivity contribution in [1.29, 1.82) is 0 Å². The van der Waals surface area contributed by atoms with Crippen LogP contribution >= 0.6 is 23.2 Å². The van der Waals surface area contributed by atoms with Crippen LogP contribution in [0.15, 0.2) is 42.5 Å². The van der Waals surface area contributed by atoms with Crippen molar-refractivity contribution in [2.45, 2.75) is 64.1 Å². The average Bonchev–Trinajstić information content (AvgIpc) is 3.38. The first-order chi connectivity index (χ1) is 18.0. The lowest BCUT2D eigenvalue weighted by atomic mass is 10.1. The zero-order valence-electron chi connectivity index (χ0n) is 22.0. The first kappa shape index (κ1) is 30.1. The van der Waals surface area contributed by atoms with Gasteiger partial charge in [-0.15, -0.1) is 0 Å². The lowest BCUT2D eigenvalue weighted by molar-refractivity contribution is -0.140. The van der Waals surface area contributed by atoms with Crippen molar-refractivity contribution in [1.82, 2.24) is 10.2 Å². The van der Waals surface area contributed by atoms with Crippen LogP contribution in [0.1, 0.15) is 51.0 Å². The molecule has 1 aliphatic carbocycles. The van der Waals surface area contributed by atoms with Crippen molar-refractivity contribution >= 4 is 50.7 Å². The van der Waals surface area contributed by atoms with Crippen LogP contribution in [0.3, 0.4) is 0 Å². The average molecular weight is 585 g/mol. The molecule has 1 N–H and O–H groups in total. The van der Waals surface area contributed by atoms with Gasteiger partial charge >= 0.3 is 0 Å². The summed E-state index contributed by atoms with van der Waals surface area (Å²) in [4.78, 5) is 28.1. The molecule has 0 heterocycles. The van der Waals surface area contributed by atoms with Crippen molar-refractivity contribution in [3.05, 3.63) is 58.1 Å². The zero-order chi connectivity index (χ0) is 27.9. The Morgan fingerprint density at radius 3 is 2.45 bits per heavy atom. The van der Waals surface area contributed by atoms with Crippen LogP contribution in [0.2, 0.25) is 10.0 Å². The minimum Gasteiger partial charge on any atom is -0.495 e. The summed E-state index contributed by atoms with van der Waals surface area (Å²) in [5, 5.41) is 3.94. The Morgan fingerprint density at radius 1 is 1.13 bits per heavy atom. The fourth-order valence-corrected chi connectivity index (χ4v) is 6.06. The van der Waals surface area contributed by atoms with Gasteiger partial charge in [-0.05, 0) is 56.0 Å². The van der Waals surface area contributed by atoms with Gasteiger partial charge < -0.3 is 15.0 Å². The van der Waals surface area contributed by atoms with E-state index in [1.165, 1.54) is 16.3 Å². The Hall–Kier alpha value is -2.49. The topological polar surface area (TPSA) is 96.0 Å². The second-order valence-corrected chi connectivity index (χ2v) is 12.3. The molecule has 38 heavy (non-hydrogen) atoms. The van der Waals surface area contributed by atoms with Crippen LogP contribution in [0, 0.1) is 0 Å². The van der Waals surface area contributed by atoms with Gasteiger partial charge in [0.1, 0.15) is 11.8 Å². The quantitative estimate of drug-likeness (QED) is 0.378. The van der Waals surface area contributed by atoms with Gasteiger partial charge in [0.15, 0.2) is 0 Å². The molecule has 11 heteroatoms. The molecule has 0 aliphatic heterocycles. The molecular weight excluding hydrogens is 549 g/mol. The predicted molar refractivity (Wildman–Crippen MR) is 151 cm³/mol. The van der Waals surface area contributed by atoms with E-state index in [0.29, 0.717) is 27.0 Å². The molecule has 1 atom stereocenters. The number of hydrogen-bond donors (Lipinski definition) is 1. The van der Waals surface area contributed by atoms with E-state index < -0.39 is 16.1 Å². The summed E-state index contributed by atoms with van der Waals surface area (Å²) in [5.74, 6) is -0.0823. The van der Waals surface area contributed by atoms with E-state index >= 15 is 0 Å². The number of nitrogens with one attached hydrogen (secondary N) is 1. The van der Waals surface area contributed by atoms with Gasteiger partial charge in [-0.1, -0.05) is 54.2 Å².